The fourth-order valence-corrected chi connectivity index (χ4v) is 3.25. The largest absolute Gasteiger partial charge is 0.497 e. The molecule has 28 heavy (non-hydrogen) atoms. The molecule has 0 saturated heterocycles. The number of anilines is 1. The van der Waals surface area contributed by atoms with Crippen LogP contribution in [0.4, 0.5) is 18.9 Å². The molecule has 150 valence electrons. The lowest BCUT2D eigenvalue weighted by molar-refractivity contribution is -0.938. The van der Waals surface area contributed by atoms with E-state index in [2.05, 4.69) is 5.32 Å². The summed E-state index contributed by atoms with van der Waals surface area (Å²) in [7, 11) is 1.62. The molecule has 0 heterocycles. The molecule has 1 saturated carbocycles. The van der Waals surface area contributed by atoms with E-state index >= 15 is 0 Å². The van der Waals surface area contributed by atoms with Crippen molar-refractivity contribution in [2.45, 2.75) is 44.6 Å². The maximum Gasteiger partial charge on any atom is 0.416 e. The number of ether oxygens (including phenoxy) is 1. The molecule has 0 aromatic heterocycles. The number of hydrogen-bond acceptors (Lipinski definition) is 2. The Hall–Kier alpha value is -2.54. The second kappa shape index (κ2) is 8.22. The number of hydrogen-bond donors (Lipinski definition) is 2. The Labute approximate surface area is 162 Å². The minimum absolute atomic E-state index is 0.199. The highest BCUT2D eigenvalue weighted by Crippen LogP contribution is 2.29. The summed E-state index contributed by atoms with van der Waals surface area (Å²) in [5, 5.41) is 2.74. The summed E-state index contributed by atoms with van der Waals surface area (Å²) < 4.78 is 43.2. The summed E-state index contributed by atoms with van der Waals surface area (Å²) in [6.07, 6.45) is -2.24. The zero-order chi connectivity index (χ0) is 20.3. The third kappa shape index (κ3) is 5.04. The second-order valence-electron chi connectivity index (χ2n) is 7.16. The van der Waals surface area contributed by atoms with Gasteiger partial charge in [-0.2, -0.15) is 13.2 Å². The molecule has 2 atom stereocenters. The summed E-state index contributed by atoms with van der Waals surface area (Å²) >= 11 is 0. The van der Waals surface area contributed by atoms with E-state index in [0.29, 0.717) is 18.3 Å². The molecule has 0 bridgehead atoms. The zero-order valence-corrected chi connectivity index (χ0v) is 15.8. The Kier molecular flexibility index (Phi) is 5.93. The summed E-state index contributed by atoms with van der Waals surface area (Å²) in [6, 6.07) is 12.4. The first-order valence-corrected chi connectivity index (χ1v) is 9.24. The van der Waals surface area contributed by atoms with Crippen molar-refractivity contribution in [1.82, 2.24) is 0 Å². The molecule has 1 aliphatic rings. The number of carbonyl (C=O) groups is 1. The molecule has 0 aliphatic heterocycles. The molecule has 7 heteroatoms. The number of alkyl halides is 3. The van der Waals surface area contributed by atoms with Gasteiger partial charge in [0.2, 0.25) is 0 Å². The smallest absolute Gasteiger partial charge is 0.416 e. The van der Waals surface area contributed by atoms with Crippen LogP contribution in [0.25, 0.3) is 0 Å². The number of carbonyl (C=O) groups excluding carboxylic acids is 1. The van der Waals surface area contributed by atoms with Crippen LogP contribution in [0.3, 0.4) is 0 Å². The van der Waals surface area contributed by atoms with Crippen molar-refractivity contribution in [2.24, 2.45) is 0 Å². The van der Waals surface area contributed by atoms with Crippen LogP contribution in [-0.4, -0.2) is 25.1 Å². The molecule has 2 N–H and O–H groups in total. The first kappa shape index (κ1) is 20.2. The van der Waals surface area contributed by atoms with Crippen LogP contribution < -0.4 is 15.0 Å². The van der Waals surface area contributed by atoms with E-state index in [-0.39, 0.29) is 11.9 Å². The van der Waals surface area contributed by atoms with Crippen LogP contribution in [0, 0.1) is 0 Å². The van der Waals surface area contributed by atoms with Gasteiger partial charge in [0.15, 0.2) is 6.04 Å². The summed E-state index contributed by atoms with van der Waals surface area (Å²) in [5.41, 5.74) is 0.740. The van der Waals surface area contributed by atoms with Gasteiger partial charge in [-0.25, -0.2) is 0 Å². The lowest BCUT2D eigenvalue weighted by Crippen LogP contribution is -3.16. The number of amides is 1. The monoisotopic (exact) mass is 393 g/mol. The van der Waals surface area contributed by atoms with Gasteiger partial charge in [-0.3, -0.25) is 4.79 Å². The number of methoxy groups -OCH3 is 1. The van der Waals surface area contributed by atoms with Crippen molar-refractivity contribution in [3.05, 3.63) is 59.7 Å². The molecule has 2 aromatic rings. The predicted molar refractivity (Wildman–Crippen MR) is 100 cm³/mol. The van der Waals surface area contributed by atoms with E-state index in [4.69, 9.17) is 4.74 Å². The lowest BCUT2D eigenvalue weighted by atomic mass is 10.1. The van der Waals surface area contributed by atoms with Gasteiger partial charge in [-0.1, -0.05) is 0 Å². The molecular weight excluding hydrogens is 369 g/mol. The van der Waals surface area contributed by atoms with Gasteiger partial charge in [-0.05, 0) is 55.5 Å². The van der Waals surface area contributed by atoms with Crippen LogP contribution in [-0.2, 0) is 17.5 Å². The minimum Gasteiger partial charge on any atom is -0.497 e. The average molecular weight is 393 g/mol. The normalized spacial score (nSPS) is 16.3. The number of nitrogens with one attached hydrogen (secondary N) is 2. The third-order valence-electron chi connectivity index (χ3n) is 5.10. The van der Waals surface area contributed by atoms with E-state index < -0.39 is 11.7 Å². The molecule has 2 aromatic carbocycles. The topological polar surface area (TPSA) is 42.8 Å². The Bertz CT molecular complexity index is 800. The fourth-order valence-electron chi connectivity index (χ4n) is 3.25. The van der Waals surface area contributed by atoms with Gasteiger partial charge >= 0.3 is 6.18 Å². The Morgan fingerprint density at radius 1 is 1.14 bits per heavy atom. The number of quaternary nitrogens is 1. The lowest BCUT2D eigenvalue weighted by Gasteiger charge is -2.25. The minimum atomic E-state index is -4.39. The molecule has 3 rings (SSSR count). The van der Waals surface area contributed by atoms with E-state index in [1.807, 2.05) is 31.2 Å². The Morgan fingerprint density at radius 2 is 1.75 bits per heavy atom. The van der Waals surface area contributed by atoms with Gasteiger partial charge in [-0.15, -0.1) is 0 Å². The number of rotatable bonds is 7. The van der Waals surface area contributed by atoms with E-state index in [0.717, 1.165) is 41.2 Å². The van der Waals surface area contributed by atoms with Crippen molar-refractivity contribution in [2.75, 3.05) is 12.4 Å². The quantitative estimate of drug-likeness (QED) is 0.758. The molecule has 1 fully saturated rings. The molecule has 0 radical (unpaired) electrons. The van der Waals surface area contributed by atoms with Gasteiger partial charge < -0.3 is 15.0 Å². The number of benzene rings is 2. The van der Waals surface area contributed by atoms with Gasteiger partial charge in [0.05, 0.1) is 18.7 Å². The highest BCUT2D eigenvalue weighted by molar-refractivity contribution is 5.93. The van der Waals surface area contributed by atoms with Crippen molar-refractivity contribution in [3.8, 4) is 5.75 Å². The van der Waals surface area contributed by atoms with Crippen LogP contribution in [0.2, 0.25) is 0 Å². The molecule has 1 unspecified atom stereocenters. The summed E-state index contributed by atoms with van der Waals surface area (Å²) in [4.78, 5) is 13.8. The highest BCUT2D eigenvalue weighted by atomic mass is 19.4. The van der Waals surface area contributed by atoms with E-state index in [1.165, 1.54) is 12.1 Å². The van der Waals surface area contributed by atoms with Crippen molar-refractivity contribution in [1.29, 1.82) is 0 Å². The summed E-state index contributed by atoms with van der Waals surface area (Å²) in [5.74, 6) is 0.583. The molecule has 1 amide bonds. The first-order valence-electron chi connectivity index (χ1n) is 9.24. The van der Waals surface area contributed by atoms with E-state index in [1.54, 1.807) is 7.11 Å². The molecule has 1 aliphatic carbocycles. The SMILES string of the molecule is COc1ccc(C[NH+](C2CC2)[C@@H](C)C(=O)Nc2ccc(C(F)(F)F)cc2)cc1. The van der Waals surface area contributed by atoms with Gasteiger partial charge in [0.25, 0.3) is 5.91 Å². The van der Waals surface area contributed by atoms with Crippen LogP contribution in [0.5, 0.6) is 5.75 Å². The highest BCUT2D eigenvalue weighted by Gasteiger charge is 2.39. The van der Waals surface area contributed by atoms with Crippen LogP contribution in [0.15, 0.2) is 48.5 Å². The Balaban J connectivity index is 1.65. The fraction of sp³-hybridized carbons (Fsp3) is 0.381. The second-order valence-corrected chi connectivity index (χ2v) is 7.16. The average Bonchev–Trinajstić information content (AvgIpc) is 3.51. The van der Waals surface area contributed by atoms with Crippen LogP contribution in [0.1, 0.15) is 30.9 Å². The summed E-state index contributed by atoms with van der Waals surface area (Å²) in [6.45, 7) is 2.56. The van der Waals surface area contributed by atoms with Crippen LogP contribution >= 0.6 is 0 Å². The molecular formula is C21H24F3N2O2+. The Morgan fingerprint density at radius 3 is 2.25 bits per heavy atom. The number of halogens is 3. The maximum atomic E-state index is 12.7. The molecule has 4 nitrogen and oxygen atoms in total. The third-order valence-corrected chi connectivity index (χ3v) is 5.10. The maximum absolute atomic E-state index is 12.7. The van der Waals surface area contributed by atoms with Gasteiger partial charge in [0.1, 0.15) is 12.3 Å². The van der Waals surface area contributed by atoms with E-state index in [9.17, 15) is 18.0 Å². The van der Waals surface area contributed by atoms with Crippen molar-refractivity contribution in [3.63, 3.8) is 0 Å². The first-order chi connectivity index (χ1) is 13.3. The molecule has 0 spiro atoms. The van der Waals surface area contributed by atoms with Crippen molar-refractivity contribution < 1.29 is 27.6 Å². The predicted octanol–water partition coefficient (Wildman–Crippen LogP) is 3.29. The standard InChI is InChI=1S/C21H23F3N2O2/c1-14(20(27)25-17-7-5-16(6-8-17)21(22,23)24)26(18-9-10-18)13-15-3-11-19(28-2)12-4-15/h3-8,11-12,14,18H,9-10,13H2,1-2H3,(H,25,27)/p+1/t14-/m0/s1. The van der Waals surface area contributed by atoms with Gasteiger partial charge in [0, 0.05) is 24.1 Å². The zero-order valence-electron chi connectivity index (χ0n) is 15.8. The van der Waals surface area contributed by atoms with Crippen molar-refractivity contribution >= 4 is 11.6 Å².